The van der Waals surface area contributed by atoms with Crippen LogP contribution in [0.25, 0.3) is 11.1 Å². The Morgan fingerprint density at radius 2 is 1.14 bits per heavy atom. The monoisotopic (exact) mass is 277 g/mol. The molecule has 0 spiro atoms. The summed E-state index contributed by atoms with van der Waals surface area (Å²) >= 11 is 0. The fraction of sp³-hybridized carbons (Fsp3) is 0. The first-order chi connectivity index (χ1) is 10.3. The van der Waals surface area contributed by atoms with Gasteiger partial charge in [0, 0.05) is 12.4 Å². The van der Waals surface area contributed by atoms with Gasteiger partial charge in [-0.1, -0.05) is 60.7 Å². The number of carboxylic acid groups (broad SMARTS) is 1. The largest absolute Gasteiger partial charge is 0.478 e. The van der Waals surface area contributed by atoms with Gasteiger partial charge in [0.1, 0.15) is 0 Å². The highest BCUT2D eigenvalue weighted by Crippen LogP contribution is 2.17. The van der Waals surface area contributed by atoms with Gasteiger partial charge in [0.05, 0.1) is 5.56 Å². The minimum Gasteiger partial charge on any atom is -0.478 e. The molecule has 3 heteroatoms. The number of pyridine rings is 1. The van der Waals surface area contributed by atoms with Gasteiger partial charge >= 0.3 is 5.97 Å². The number of benzene rings is 2. The number of hydrogen-bond acceptors (Lipinski definition) is 2. The lowest BCUT2D eigenvalue weighted by atomic mass is 10.1. The zero-order chi connectivity index (χ0) is 14.9. The maximum Gasteiger partial charge on any atom is 0.335 e. The smallest absolute Gasteiger partial charge is 0.335 e. The van der Waals surface area contributed by atoms with E-state index in [1.165, 1.54) is 35.7 Å². The van der Waals surface area contributed by atoms with Crippen molar-refractivity contribution in [2.45, 2.75) is 0 Å². The Bertz CT molecular complexity index is 630. The summed E-state index contributed by atoms with van der Waals surface area (Å²) in [5.74, 6) is -0.919. The lowest BCUT2D eigenvalue weighted by Crippen LogP contribution is -1.94. The highest BCUT2D eigenvalue weighted by Gasteiger charge is 1.97. The summed E-state index contributed by atoms with van der Waals surface area (Å²) < 4.78 is 0. The summed E-state index contributed by atoms with van der Waals surface area (Å²) in [6.07, 6.45) is 2.90. The topological polar surface area (TPSA) is 50.2 Å². The molecule has 0 radical (unpaired) electrons. The van der Waals surface area contributed by atoms with E-state index in [0.29, 0.717) is 0 Å². The van der Waals surface area contributed by atoms with Crippen molar-refractivity contribution >= 4 is 5.97 Å². The SMILES string of the molecule is O=C(O)c1ccncc1.c1ccc(-c2ccccc2)cc1. The van der Waals surface area contributed by atoms with E-state index in [1.54, 1.807) is 0 Å². The second kappa shape index (κ2) is 7.60. The molecule has 104 valence electrons. The molecule has 0 unspecified atom stereocenters. The molecule has 0 bridgehead atoms. The molecule has 0 aliphatic heterocycles. The number of aromatic carboxylic acids is 1. The summed E-state index contributed by atoms with van der Waals surface area (Å²) in [6.45, 7) is 0. The van der Waals surface area contributed by atoms with Gasteiger partial charge in [0.15, 0.2) is 0 Å². The number of rotatable bonds is 2. The second-order valence-corrected chi connectivity index (χ2v) is 4.27. The van der Waals surface area contributed by atoms with Gasteiger partial charge in [0.25, 0.3) is 0 Å². The van der Waals surface area contributed by atoms with Crippen LogP contribution in [0.5, 0.6) is 0 Å². The summed E-state index contributed by atoms with van der Waals surface area (Å²) in [5, 5.41) is 8.36. The average Bonchev–Trinajstić information content (AvgIpc) is 2.58. The van der Waals surface area contributed by atoms with Crippen LogP contribution in [0.3, 0.4) is 0 Å². The van der Waals surface area contributed by atoms with Crippen molar-refractivity contribution in [2.75, 3.05) is 0 Å². The molecule has 0 saturated carbocycles. The first-order valence-corrected chi connectivity index (χ1v) is 6.51. The van der Waals surface area contributed by atoms with Gasteiger partial charge in [-0.15, -0.1) is 0 Å². The quantitative estimate of drug-likeness (QED) is 0.766. The van der Waals surface area contributed by atoms with Crippen LogP contribution in [-0.4, -0.2) is 16.1 Å². The van der Waals surface area contributed by atoms with Crippen molar-refractivity contribution in [3.05, 3.63) is 90.8 Å². The zero-order valence-electron chi connectivity index (χ0n) is 11.4. The Hall–Kier alpha value is -2.94. The molecule has 3 aromatic rings. The van der Waals surface area contributed by atoms with Gasteiger partial charge in [0.2, 0.25) is 0 Å². The predicted octanol–water partition coefficient (Wildman–Crippen LogP) is 4.13. The number of hydrogen-bond donors (Lipinski definition) is 1. The van der Waals surface area contributed by atoms with Crippen LogP contribution in [0.15, 0.2) is 85.2 Å². The van der Waals surface area contributed by atoms with Crippen molar-refractivity contribution in [3.63, 3.8) is 0 Å². The van der Waals surface area contributed by atoms with Gasteiger partial charge in [-0.2, -0.15) is 0 Å². The Morgan fingerprint density at radius 1 is 0.714 bits per heavy atom. The van der Waals surface area contributed by atoms with Crippen LogP contribution in [0.4, 0.5) is 0 Å². The van der Waals surface area contributed by atoms with Crippen LogP contribution >= 0.6 is 0 Å². The Kier molecular flexibility index (Phi) is 5.24. The first-order valence-electron chi connectivity index (χ1n) is 6.51. The number of aromatic nitrogens is 1. The van der Waals surface area contributed by atoms with E-state index in [9.17, 15) is 4.79 Å². The molecule has 3 nitrogen and oxygen atoms in total. The van der Waals surface area contributed by atoms with Gasteiger partial charge in [-0.3, -0.25) is 4.98 Å². The maximum atomic E-state index is 10.2. The van der Waals surface area contributed by atoms with Crippen molar-refractivity contribution in [1.82, 2.24) is 4.98 Å². The molecular formula is C18H15NO2. The van der Waals surface area contributed by atoms with Gasteiger partial charge in [-0.05, 0) is 23.3 Å². The van der Waals surface area contributed by atoms with Crippen LogP contribution in [-0.2, 0) is 0 Å². The minimum atomic E-state index is -0.919. The summed E-state index contributed by atoms with van der Waals surface area (Å²) in [4.78, 5) is 13.8. The molecule has 1 heterocycles. The Morgan fingerprint density at radius 3 is 1.48 bits per heavy atom. The highest BCUT2D eigenvalue weighted by molar-refractivity contribution is 5.87. The summed E-state index contributed by atoms with van der Waals surface area (Å²) in [7, 11) is 0. The van der Waals surface area contributed by atoms with E-state index in [-0.39, 0.29) is 5.56 Å². The lowest BCUT2D eigenvalue weighted by molar-refractivity contribution is 0.0696. The molecule has 0 atom stereocenters. The predicted molar refractivity (Wildman–Crippen MR) is 83.1 cm³/mol. The fourth-order valence-electron chi connectivity index (χ4n) is 1.76. The number of carboxylic acids is 1. The molecule has 21 heavy (non-hydrogen) atoms. The van der Waals surface area contributed by atoms with E-state index in [2.05, 4.69) is 53.5 Å². The van der Waals surface area contributed by atoms with E-state index in [4.69, 9.17) is 5.11 Å². The van der Waals surface area contributed by atoms with E-state index >= 15 is 0 Å². The Balaban J connectivity index is 0.000000161. The average molecular weight is 277 g/mol. The number of nitrogens with zero attached hydrogens (tertiary/aromatic N) is 1. The van der Waals surface area contributed by atoms with Crippen LogP contribution in [0, 0.1) is 0 Å². The zero-order valence-corrected chi connectivity index (χ0v) is 11.4. The normalized spacial score (nSPS) is 9.33. The van der Waals surface area contributed by atoms with Crippen molar-refractivity contribution in [3.8, 4) is 11.1 Å². The molecule has 0 amide bonds. The second-order valence-electron chi connectivity index (χ2n) is 4.27. The fourth-order valence-corrected chi connectivity index (χ4v) is 1.76. The third-order valence-corrected chi connectivity index (χ3v) is 2.81. The molecular weight excluding hydrogens is 262 g/mol. The third kappa shape index (κ3) is 4.58. The van der Waals surface area contributed by atoms with Crippen LogP contribution < -0.4 is 0 Å². The molecule has 3 rings (SSSR count). The maximum absolute atomic E-state index is 10.2. The molecule has 1 aromatic heterocycles. The van der Waals surface area contributed by atoms with E-state index < -0.39 is 5.97 Å². The standard InChI is InChI=1S/C12H10.C6H5NO2/c1-3-7-11(8-4-1)12-9-5-2-6-10-12;8-6(9)5-1-3-7-4-2-5/h1-10H;1-4H,(H,8,9). The van der Waals surface area contributed by atoms with Crippen molar-refractivity contribution < 1.29 is 9.90 Å². The van der Waals surface area contributed by atoms with Gasteiger partial charge in [-0.25, -0.2) is 4.79 Å². The van der Waals surface area contributed by atoms with Gasteiger partial charge < -0.3 is 5.11 Å². The first kappa shape index (κ1) is 14.5. The molecule has 0 aliphatic rings. The molecule has 2 aromatic carbocycles. The molecule has 0 fully saturated rings. The summed E-state index contributed by atoms with van der Waals surface area (Å²) in [5.41, 5.74) is 2.82. The number of carbonyl (C=O) groups is 1. The Labute approximate surface area is 123 Å². The molecule has 0 saturated heterocycles. The third-order valence-electron chi connectivity index (χ3n) is 2.81. The summed E-state index contributed by atoms with van der Waals surface area (Å²) in [6, 6.07) is 23.7. The van der Waals surface area contributed by atoms with E-state index in [0.717, 1.165) is 0 Å². The van der Waals surface area contributed by atoms with Crippen LogP contribution in [0.2, 0.25) is 0 Å². The molecule has 1 N–H and O–H groups in total. The van der Waals surface area contributed by atoms with Crippen molar-refractivity contribution in [1.29, 1.82) is 0 Å². The lowest BCUT2D eigenvalue weighted by Gasteiger charge is -1.98. The minimum absolute atomic E-state index is 0.269. The highest BCUT2D eigenvalue weighted by atomic mass is 16.4. The van der Waals surface area contributed by atoms with Crippen LogP contribution in [0.1, 0.15) is 10.4 Å². The van der Waals surface area contributed by atoms with E-state index in [1.807, 2.05) is 12.1 Å². The molecule has 0 aliphatic carbocycles. The van der Waals surface area contributed by atoms with Crippen molar-refractivity contribution in [2.24, 2.45) is 0 Å².